The number of carboxylic acid groups (broad SMARTS) is 1. The summed E-state index contributed by atoms with van der Waals surface area (Å²) >= 11 is 2.13. The summed E-state index contributed by atoms with van der Waals surface area (Å²) in [5, 5.41) is 21.6. The van der Waals surface area contributed by atoms with Crippen molar-refractivity contribution in [3.63, 3.8) is 0 Å². The van der Waals surface area contributed by atoms with Crippen LogP contribution < -0.4 is 4.74 Å². The number of non-ortho nitro benzene ring substituents is 1. The van der Waals surface area contributed by atoms with Gasteiger partial charge in [-0.15, -0.1) is 0 Å². The number of benzene rings is 3. The van der Waals surface area contributed by atoms with Crippen LogP contribution in [0.3, 0.4) is 0 Å². The monoisotopic (exact) mass is 481 g/mol. The highest BCUT2D eigenvalue weighted by Crippen LogP contribution is 2.30. The first-order valence-corrected chi connectivity index (χ1v) is 8.98. The van der Waals surface area contributed by atoms with Crippen molar-refractivity contribution in [2.24, 2.45) is 0 Å². The standard InChI is InChI=1S/C19H13FINO5/c20-15-8-5-11-2-1-3-16(21)18(11)14(15)7-4-12-10-13(22(25)26)6-9-17(12)27-19(23)24/h1-3,5-6,8-10H,4,7H2,(H,23,24). The van der Waals surface area contributed by atoms with Gasteiger partial charge in [-0.25, -0.2) is 9.18 Å². The summed E-state index contributed by atoms with van der Waals surface area (Å²) in [6.45, 7) is 0. The van der Waals surface area contributed by atoms with Gasteiger partial charge in [0.25, 0.3) is 5.69 Å². The maximum Gasteiger partial charge on any atom is 0.511 e. The average Bonchev–Trinajstić information content (AvgIpc) is 2.61. The molecule has 0 saturated heterocycles. The molecule has 0 amide bonds. The Balaban J connectivity index is 2.00. The first kappa shape index (κ1) is 19.0. The largest absolute Gasteiger partial charge is 0.511 e. The van der Waals surface area contributed by atoms with E-state index >= 15 is 0 Å². The number of halogens is 2. The van der Waals surface area contributed by atoms with E-state index in [2.05, 4.69) is 22.6 Å². The first-order chi connectivity index (χ1) is 12.9. The lowest BCUT2D eigenvalue weighted by Gasteiger charge is -2.12. The first-order valence-electron chi connectivity index (χ1n) is 7.90. The Hall–Kier alpha value is -2.75. The summed E-state index contributed by atoms with van der Waals surface area (Å²) in [7, 11) is 0. The molecule has 0 aliphatic rings. The lowest BCUT2D eigenvalue weighted by atomic mass is 9.97. The Morgan fingerprint density at radius 2 is 1.96 bits per heavy atom. The molecule has 138 valence electrons. The highest BCUT2D eigenvalue weighted by molar-refractivity contribution is 14.1. The molecule has 0 atom stereocenters. The van der Waals surface area contributed by atoms with Crippen molar-refractivity contribution in [2.75, 3.05) is 0 Å². The number of fused-ring (bicyclic) bond motifs is 1. The fourth-order valence-corrected chi connectivity index (χ4v) is 3.80. The number of hydrogen-bond donors (Lipinski definition) is 1. The molecule has 3 aromatic carbocycles. The van der Waals surface area contributed by atoms with E-state index < -0.39 is 11.1 Å². The van der Waals surface area contributed by atoms with Gasteiger partial charge in [-0.05, 0) is 64.6 Å². The zero-order chi connectivity index (χ0) is 19.6. The van der Waals surface area contributed by atoms with E-state index in [0.717, 1.165) is 14.3 Å². The number of hydrogen-bond acceptors (Lipinski definition) is 4. The van der Waals surface area contributed by atoms with Crippen molar-refractivity contribution in [3.8, 4) is 5.75 Å². The van der Waals surface area contributed by atoms with E-state index in [-0.39, 0.29) is 30.1 Å². The molecule has 0 aromatic heterocycles. The lowest BCUT2D eigenvalue weighted by molar-refractivity contribution is -0.384. The molecule has 6 nitrogen and oxygen atoms in total. The summed E-state index contributed by atoms with van der Waals surface area (Å²) in [6.07, 6.45) is -1.10. The second-order valence-corrected chi connectivity index (χ2v) is 6.94. The van der Waals surface area contributed by atoms with Crippen LogP contribution in [0.25, 0.3) is 10.8 Å². The van der Waals surface area contributed by atoms with Gasteiger partial charge in [0.1, 0.15) is 11.6 Å². The van der Waals surface area contributed by atoms with E-state index in [1.54, 1.807) is 6.07 Å². The zero-order valence-electron chi connectivity index (χ0n) is 13.8. The number of ether oxygens (including phenoxy) is 1. The Morgan fingerprint density at radius 1 is 1.19 bits per heavy atom. The quantitative estimate of drug-likeness (QED) is 0.175. The minimum atomic E-state index is -1.52. The highest BCUT2D eigenvalue weighted by Gasteiger charge is 2.16. The molecule has 0 unspecified atom stereocenters. The second kappa shape index (κ2) is 7.87. The number of carbonyl (C=O) groups is 1. The van der Waals surface area contributed by atoms with E-state index in [1.807, 2.05) is 18.2 Å². The van der Waals surface area contributed by atoms with Crippen LogP contribution in [0.2, 0.25) is 0 Å². The van der Waals surface area contributed by atoms with Crippen molar-refractivity contribution in [1.82, 2.24) is 0 Å². The van der Waals surface area contributed by atoms with Gasteiger partial charge in [-0.3, -0.25) is 10.1 Å². The third-order valence-corrected chi connectivity index (χ3v) is 5.04. The summed E-state index contributed by atoms with van der Waals surface area (Å²) in [6, 6.07) is 12.4. The second-order valence-electron chi connectivity index (χ2n) is 5.78. The van der Waals surface area contributed by atoms with Gasteiger partial charge in [0, 0.05) is 26.7 Å². The molecule has 1 N–H and O–H groups in total. The molecule has 0 radical (unpaired) electrons. The Bertz CT molecular complexity index is 1050. The van der Waals surface area contributed by atoms with Crippen LogP contribution in [-0.4, -0.2) is 16.2 Å². The molecule has 0 aliphatic carbocycles. The van der Waals surface area contributed by atoms with Crippen molar-refractivity contribution in [3.05, 3.63) is 79.2 Å². The molecule has 0 aliphatic heterocycles. The molecular formula is C19H13FINO5. The van der Waals surface area contributed by atoms with Crippen LogP contribution in [0.5, 0.6) is 5.75 Å². The molecular weight excluding hydrogens is 468 g/mol. The van der Waals surface area contributed by atoms with Gasteiger partial charge in [0.05, 0.1) is 4.92 Å². The van der Waals surface area contributed by atoms with Crippen LogP contribution in [0.1, 0.15) is 11.1 Å². The maximum absolute atomic E-state index is 14.5. The van der Waals surface area contributed by atoms with Gasteiger partial charge in [0.15, 0.2) is 0 Å². The van der Waals surface area contributed by atoms with Crippen molar-refractivity contribution in [1.29, 1.82) is 0 Å². The third kappa shape index (κ3) is 4.16. The Kier molecular flexibility index (Phi) is 5.54. The van der Waals surface area contributed by atoms with Gasteiger partial charge in [-0.1, -0.05) is 18.2 Å². The molecule has 0 saturated carbocycles. The smallest absolute Gasteiger partial charge is 0.449 e. The van der Waals surface area contributed by atoms with Crippen LogP contribution in [0, 0.1) is 19.5 Å². The molecule has 0 heterocycles. The predicted octanol–water partition coefficient (Wildman–Crippen LogP) is 5.33. The zero-order valence-corrected chi connectivity index (χ0v) is 16.0. The lowest BCUT2D eigenvalue weighted by Crippen LogP contribution is -2.07. The number of nitro groups is 1. The van der Waals surface area contributed by atoms with Gasteiger partial charge in [0.2, 0.25) is 0 Å². The Morgan fingerprint density at radius 3 is 2.67 bits per heavy atom. The molecule has 3 aromatic rings. The van der Waals surface area contributed by atoms with Crippen LogP contribution in [0.15, 0.2) is 48.5 Å². The molecule has 27 heavy (non-hydrogen) atoms. The maximum atomic E-state index is 14.5. The van der Waals surface area contributed by atoms with Gasteiger partial charge >= 0.3 is 6.16 Å². The number of nitro benzene ring substituents is 1. The van der Waals surface area contributed by atoms with E-state index in [9.17, 15) is 19.3 Å². The summed E-state index contributed by atoms with van der Waals surface area (Å²) in [5.74, 6) is -0.374. The van der Waals surface area contributed by atoms with Crippen molar-refractivity contribution in [2.45, 2.75) is 12.8 Å². The van der Waals surface area contributed by atoms with Crippen molar-refractivity contribution < 1.29 is 24.0 Å². The SMILES string of the molecule is O=C(O)Oc1ccc([N+](=O)[O-])cc1CCc1c(F)ccc2cccc(I)c12. The van der Waals surface area contributed by atoms with Crippen LogP contribution in [-0.2, 0) is 12.8 Å². The Labute approximate surface area is 166 Å². The third-order valence-electron chi connectivity index (χ3n) is 4.14. The average molecular weight is 481 g/mol. The highest BCUT2D eigenvalue weighted by atomic mass is 127. The minimum Gasteiger partial charge on any atom is -0.449 e. The summed E-state index contributed by atoms with van der Waals surface area (Å²) in [4.78, 5) is 21.3. The fourth-order valence-electron chi connectivity index (χ4n) is 2.95. The van der Waals surface area contributed by atoms with Crippen molar-refractivity contribution >= 4 is 45.2 Å². The molecule has 3 rings (SSSR count). The number of aryl methyl sites for hydroxylation is 2. The van der Waals surface area contributed by atoms with Crippen LogP contribution in [0.4, 0.5) is 14.9 Å². The normalized spacial score (nSPS) is 10.7. The van der Waals surface area contributed by atoms with E-state index in [4.69, 9.17) is 9.84 Å². The van der Waals surface area contributed by atoms with E-state index in [1.165, 1.54) is 24.3 Å². The summed E-state index contributed by atoms with van der Waals surface area (Å²) < 4.78 is 20.1. The topological polar surface area (TPSA) is 89.7 Å². The molecule has 8 heteroatoms. The summed E-state index contributed by atoms with van der Waals surface area (Å²) in [5.41, 5.74) is 0.620. The van der Waals surface area contributed by atoms with E-state index in [0.29, 0.717) is 11.1 Å². The molecule has 0 spiro atoms. The fraction of sp³-hybridized carbons (Fsp3) is 0.105. The van der Waals surface area contributed by atoms with Gasteiger partial charge in [-0.2, -0.15) is 0 Å². The predicted molar refractivity (Wildman–Crippen MR) is 106 cm³/mol. The molecule has 0 fully saturated rings. The van der Waals surface area contributed by atoms with Gasteiger partial charge < -0.3 is 9.84 Å². The molecule has 0 bridgehead atoms. The number of nitrogens with zero attached hydrogens (tertiary/aromatic N) is 1. The minimum absolute atomic E-state index is 0.00319. The number of rotatable bonds is 5. The van der Waals surface area contributed by atoms with Crippen LogP contribution >= 0.6 is 22.6 Å².